The Labute approximate surface area is 147 Å². The summed E-state index contributed by atoms with van der Waals surface area (Å²) in [4.78, 5) is 24.4. The standard InChI is InChI=1S/C20H24N2O3/c1-20(2,3)13-6-8-14(9-7-13)22-19(24)17-11-16(17)18(23)21-12-15-5-4-10-25-15/h4-10,16-17H,11-12H2,1-3H3,(H,21,23)(H,22,24). The lowest BCUT2D eigenvalue weighted by Gasteiger charge is -2.19. The van der Waals surface area contributed by atoms with Crippen molar-refractivity contribution in [1.29, 1.82) is 0 Å². The molecule has 2 unspecified atom stereocenters. The van der Waals surface area contributed by atoms with E-state index in [1.165, 1.54) is 5.56 Å². The van der Waals surface area contributed by atoms with Crippen LogP contribution in [0, 0.1) is 11.8 Å². The fourth-order valence-electron chi connectivity index (χ4n) is 2.78. The van der Waals surface area contributed by atoms with Crippen LogP contribution in [0.3, 0.4) is 0 Å². The van der Waals surface area contributed by atoms with Gasteiger partial charge in [-0.05, 0) is 41.7 Å². The molecule has 0 aliphatic heterocycles. The minimum Gasteiger partial charge on any atom is -0.467 e. The number of hydrogen-bond acceptors (Lipinski definition) is 3. The van der Waals surface area contributed by atoms with Gasteiger partial charge in [0.25, 0.3) is 0 Å². The van der Waals surface area contributed by atoms with Crippen molar-refractivity contribution in [2.75, 3.05) is 5.32 Å². The van der Waals surface area contributed by atoms with Gasteiger partial charge in [0.15, 0.2) is 0 Å². The maximum Gasteiger partial charge on any atom is 0.228 e. The van der Waals surface area contributed by atoms with E-state index in [9.17, 15) is 9.59 Å². The third-order valence-electron chi connectivity index (χ3n) is 4.50. The SMILES string of the molecule is CC(C)(C)c1ccc(NC(=O)C2CC2C(=O)NCc2ccco2)cc1. The lowest BCUT2D eigenvalue weighted by Crippen LogP contribution is -2.26. The predicted molar refractivity (Wildman–Crippen MR) is 95.9 cm³/mol. The van der Waals surface area contributed by atoms with Crippen molar-refractivity contribution in [3.05, 3.63) is 54.0 Å². The summed E-state index contributed by atoms with van der Waals surface area (Å²) in [5.74, 6) is 0.0120. The minimum absolute atomic E-state index is 0.0796. The number of amides is 2. The molecule has 25 heavy (non-hydrogen) atoms. The average molecular weight is 340 g/mol. The highest BCUT2D eigenvalue weighted by molar-refractivity contribution is 5.99. The Morgan fingerprint density at radius 1 is 1.08 bits per heavy atom. The number of rotatable bonds is 5. The van der Waals surface area contributed by atoms with Crippen molar-refractivity contribution in [2.45, 2.75) is 39.2 Å². The summed E-state index contributed by atoms with van der Waals surface area (Å²) in [7, 11) is 0. The zero-order chi connectivity index (χ0) is 18.0. The van der Waals surface area contributed by atoms with Gasteiger partial charge >= 0.3 is 0 Å². The molecule has 1 saturated carbocycles. The van der Waals surface area contributed by atoms with Gasteiger partial charge in [0, 0.05) is 5.69 Å². The van der Waals surface area contributed by atoms with Gasteiger partial charge in [0.1, 0.15) is 5.76 Å². The second-order valence-electron chi connectivity index (χ2n) is 7.56. The van der Waals surface area contributed by atoms with Crippen molar-refractivity contribution in [1.82, 2.24) is 5.32 Å². The molecule has 1 aromatic heterocycles. The van der Waals surface area contributed by atoms with Crippen LogP contribution in [0.15, 0.2) is 47.1 Å². The van der Waals surface area contributed by atoms with Crippen LogP contribution in [-0.4, -0.2) is 11.8 Å². The van der Waals surface area contributed by atoms with E-state index in [-0.39, 0.29) is 29.1 Å². The summed E-state index contributed by atoms with van der Waals surface area (Å²) < 4.78 is 5.18. The summed E-state index contributed by atoms with van der Waals surface area (Å²) in [6.45, 7) is 6.80. The van der Waals surface area contributed by atoms with Gasteiger partial charge in [0.2, 0.25) is 11.8 Å². The zero-order valence-electron chi connectivity index (χ0n) is 14.8. The van der Waals surface area contributed by atoms with E-state index in [4.69, 9.17) is 4.42 Å². The van der Waals surface area contributed by atoms with E-state index < -0.39 is 0 Å². The van der Waals surface area contributed by atoms with Crippen LogP contribution >= 0.6 is 0 Å². The van der Waals surface area contributed by atoms with Gasteiger partial charge in [-0.1, -0.05) is 32.9 Å². The number of carbonyl (C=O) groups is 2. The van der Waals surface area contributed by atoms with Crippen molar-refractivity contribution in [3.63, 3.8) is 0 Å². The van der Waals surface area contributed by atoms with Crippen LogP contribution in [0.2, 0.25) is 0 Å². The molecule has 1 heterocycles. The summed E-state index contributed by atoms with van der Waals surface area (Å²) in [6, 6.07) is 11.4. The maximum absolute atomic E-state index is 12.3. The number of benzene rings is 1. The number of carbonyl (C=O) groups excluding carboxylic acids is 2. The minimum atomic E-state index is -0.251. The van der Waals surface area contributed by atoms with Crippen molar-refractivity contribution in [2.24, 2.45) is 11.8 Å². The molecule has 1 aromatic carbocycles. The Kier molecular flexibility index (Phi) is 4.66. The first-order valence-electron chi connectivity index (χ1n) is 8.56. The molecule has 0 radical (unpaired) electrons. The molecule has 1 fully saturated rings. The molecule has 2 N–H and O–H groups in total. The third kappa shape index (κ3) is 4.29. The van der Waals surface area contributed by atoms with Crippen molar-refractivity contribution in [3.8, 4) is 0 Å². The average Bonchev–Trinajstić information content (AvgIpc) is 3.20. The summed E-state index contributed by atoms with van der Waals surface area (Å²) in [5, 5.41) is 5.71. The Morgan fingerprint density at radius 3 is 2.36 bits per heavy atom. The molecular formula is C20H24N2O3. The first-order valence-corrected chi connectivity index (χ1v) is 8.56. The van der Waals surface area contributed by atoms with Crippen LogP contribution < -0.4 is 10.6 Å². The van der Waals surface area contributed by atoms with E-state index in [1.807, 2.05) is 24.3 Å². The highest BCUT2D eigenvalue weighted by Gasteiger charge is 2.47. The molecule has 0 spiro atoms. The second kappa shape index (κ2) is 6.75. The lowest BCUT2D eigenvalue weighted by molar-refractivity contribution is -0.125. The molecule has 5 heteroatoms. The maximum atomic E-state index is 12.3. The second-order valence-corrected chi connectivity index (χ2v) is 7.56. The number of anilines is 1. The van der Waals surface area contributed by atoms with Crippen molar-refractivity contribution >= 4 is 17.5 Å². The van der Waals surface area contributed by atoms with Crippen LogP contribution in [0.5, 0.6) is 0 Å². The molecule has 1 aliphatic carbocycles. The van der Waals surface area contributed by atoms with Gasteiger partial charge in [-0.25, -0.2) is 0 Å². The largest absolute Gasteiger partial charge is 0.467 e. The molecule has 0 saturated heterocycles. The molecule has 2 amide bonds. The van der Waals surface area contributed by atoms with Crippen LogP contribution in [-0.2, 0) is 21.5 Å². The number of furan rings is 1. The molecule has 1 aliphatic rings. The third-order valence-corrected chi connectivity index (χ3v) is 4.50. The quantitative estimate of drug-likeness (QED) is 0.875. The summed E-state index contributed by atoms with van der Waals surface area (Å²) in [5.41, 5.74) is 2.06. The molecule has 132 valence electrons. The Hall–Kier alpha value is -2.56. The first-order chi connectivity index (χ1) is 11.8. The number of nitrogens with one attached hydrogen (secondary N) is 2. The topological polar surface area (TPSA) is 71.3 Å². The highest BCUT2D eigenvalue weighted by Crippen LogP contribution is 2.39. The predicted octanol–water partition coefficient (Wildman–Crippen LogP) is 3.47. The Bertz CT molecular complexity index is 742. The fourth-order valence-corrected chi connectivity index (χ4v) is 2.78. The summed E-state index contributed by atoms with van der Waals surface area (Å²) >= 11 is 0. The molecule has 2 atom stereocenters. The molecular weight excluding hydrogens is 316 g/mol. The Balaban J connectivity index is 1.49. The van der Waals surface area contributed by atoms with Gasteiger partial charge in [-0.15, -0.1) is 0 Å². The van der Waals surface area contributed by atoms with Gasteiger partial charge in [-0.2, -0.15) is 0 Å². The number of hydrogen-bond donors (Lipinski definition) is 2. The van der Waals surface area contributed by atoms with Gasteiger partial charge < -0.3 is 15.1 Å². The zero-order valence-corrected chi connectivity index (χ0v) is 14.8. The van der Waals surface area contributed by atoms with E-state index in [2.05, 4.69) is 31.4 Å². The van der Waals surface area contributed by atoms with E-state index >= 15 is 0 Å². The van der Waals surface area contributed by atoms with E-state index in [0.717, 1.165) is 5.69 Å². The Morgan fingerprint density at radius 2 is 1.76 bits per heavy atom. The van der Waals surface area contributed by atoms with Crippen LogP contribution in [0.4, 0.5) is 5.69 Å². The first kappa shape index (κ1) is 17.3. The summed E-state index contributed by atoms with van der Waals surface area (Å²) in [6.07, 6.45) is 2.16. The van der Waals surface area contributed by atoms with Crippen LogP contribution in [0.1, 0.15) is 38.5 Å². The highest BCUT2D eigenvalue weighted by atomic mass is 16.3. The lowest BCUT2D eigenvalue weighted by atomic mass is 9.87. The van der Waals surface area contributed by atoms with E-state index in [0.29, 0.717) is 18.7 Å². The van der Waals surface area contributed by atoms with Crippen molar-refractivity contribution < 1.29 is 14.0 Å². The van der Waals surface area contributed by atoms with E-state index in [1.54, 1.807) is 18.4 Å². The van der Waals surface area contributed by atoms with Gasteiger partial charge in [-0.3, -0.25) is 9.59 Å². The molecule has 3 rings (SSSR count). The monoisotopic (exact) mass is 340 g/mol. The molecule has 2 aromatic rings. The smallest absolute Gasteiger partial charge is 0.228 e. The molecule has 5 nitrogen and oxygen atoms in total. The normalized spacial score (nSPS) is 19.3. The van der Waals surface area contributed by atoms with Gasteiger partial charge in [0.05, 0.1) is 24.6 Å². The fraction of sp³-hybridized carbons (Fsp3) is 0.400. The molecule has 0 bridgehead atoms. The van der Waals surface area contributed by atoms with Crippen LogP contribution in [0.25, 0.3) is 0 Å².